The van der Waals surface area contributed by atoms with Crippen molar-refractivity contribution in [2.45, 2.75) is 12.7 Å². The predicted molar refractivity (Wildman–Crippen MR) is 58.3 cm³/mol. The van der Waals surface area contributed by atoms with Gasteiger partial charge in [0.1, 0.15) is 0 Å². The Morgan fingerprint density at radius 3 is 2.65 bits per heavy atom. The molecule has 1 unspecified atom stereocenters. The lowest BCUT2D eigenvalue weighted by molar-refractivity contribution is -0.157. The van der Waals surface area contributed by atoms with Crippen LogP contribution in [0.4, 0.5) is 13.2 Å². The molecule has 1 aromatic carbocycles. The molecule has 17 heavy (non-hydrogen) atoms. The Morgan fingerprint density at radius 1 is 1.41 bits per heavy atom. The molecule has 1 N–H and O–H groups in total. The third-order valence-electron chi connectivity index (χ3n) is 2.12. The summed E-state index contributed by atoms with van der Waals surface area (Å²) in [4.78, 5) is 0. The molecule has 6 heteroatoms. The van der Waals surface area contributed by atoms with Crippen LogP contribution in [-0.2, 0) is 6.54 Å². The number of nitrogens with one attached hydrogen (secondary N) is 1. The largest absolute Gasteiger partial charge is 0.405 e. The van der Waals surface area contributed by atoms with Gasteiger partial charge >= 0.3 is 6.18 Å². The van der Waals surface area contributed by atoms with Crippen LogP contribution in [0.5, 0.6) is 0 Å². The molecule has 0 saturated heterocycles. The van der Waals surface area contributed by atoms with E-state index in [1.807, 2.05) is 0 Å². The predicted octanol–water partition coefficient (Wildman–Crippen LogP) is 3.13. The van der Waals surface area contributed by atoms with Crippen LogP contribution in [0.15, 0.2) is 24.3 Å². The molecular formula is C11H10ClF3N2. The molecule has 0 amide bonds. The van der Waals surface area contributed by atoms with Crippen LogP contribution in [0.3, 0.4) is 0 Å². The fraction of sp³-hybridized carbons (Fsp3) is 0.364. The number of hydrogen-bond acceptors (Lipinski definition) is 2. The number of rotatable bonds is 4. The van der Waals surface area contributed by atoms with Gasteiger partial charge in [-0.1, -0.05) is 23.7 Å². The maximum absolute atomic E-state index is 12.2. The van der Waals surface area contributed by atoms with E-state index in [-0.39, 0.29) is 6.54 Å². The van der Waals surface area contributed by atoms with Gasteiger partial charge in [0.15, 0.2) is 5.92 Å². The minimum Gasteiger partial charge on any atom is -0.311 e. The zero-order valence-corrected chi connectivity index (χ0v) is 9.52. The molecule has 1 rings (SSSR count). The van der Waals surface area contributed by atoms with Gasteiger partial charge in [0.2, 0.25) is 0 Å². The summed E-state index contributed by atoms with van der Waals surface area (Å²) in [5.41, 5.74) is 0.774. The van der Waals surface area contributed by atoms with Gasteiger partial charge in [-0.25, -0.2) is 0 Å². The molecule has 0 aliphatic rings. The first-order chi connectivity index (χ1) is 7.93. The summed E-state index contributed by atoms with van der Waals surface area (Å²) >= 11 is 5.73. The Bertz CT molecular complexity index is 412. The van der Waals surface area contributed by atoms with Crippen LogP contribution in [0, 0.1) is 17.2 Å². The summed E-state index contributed by atoms with van der Waals surface area (Å²) < 4.78 is 36.7. The molecule has 0 bridgehead atoms. The first-order valence-corrected chi connectivity index (χ1v) is 5.23. The normalized spacial score (nSPS) is 13.1. The number of nitrogens with zero attached hydrogens (tertiary/aromatic N) is 1. The minimum absolute atomic E-state index is 0.245. The van der Waals surface area contributed by atoms with E-state index in [1.54, 1.807) is 24.3 Å². The van der Waals surface area contributed by atoms with Crippen LogP contribution in [0.2, 0.25) is 5.02 Å². The van der Waals surface area contributed by atoms with Crippen molar-refractivity contribution in [3.63, 3.8) is 0 Å². The van der Waals surface area contributed by atoms with E-state index in [4.69, 9.17) is 16.9 Å². The van der Waals surface area contributed by atoms with Crippen molar-refractivity contribution in [1.82, 2.24) is 5.32 Å². The average Bonchev–Trinajstić information content (AvgIpc) is 2.22. The van der Waals surface area contributed by atoms with Crippen molar-refractivity contribution in [3.05, 3.63) is 34.9 Å². The summed E-state index contributed by atoms with van der Waals surface area (Å²) in [6.07, 6.45) is -4.49. The Balaban J connectivity index is 2.45. The maximum Gasteiger partial charge on any atom is 0.405 e. The van der Waals surface area contributed by atoms with Gasteiger partial charge in [0.05, 0.1) is 6.07 Å². The van der Waals surface area contributed by atoms with Crippen LogP contribution in [0.1, 0.15) is 5.56 Å². The van der Waals surface area contributed by atoms with E-state index in [0.29, 0.717) is 5.02 Å². The monoisotopic (exact) mass is 262 g/mol. The molecule has 2 nitrogen and oxygen atoms in total. The van der Waals surface area contributed by atoms with Crippen LogP contribution >= 0.6 is 11.6 Å². The van der Waals surface area contributed by atoms with E-state index >= 15 is 0 Å². The second-order valence-electron chi connectivity index (χ2n) is 3.48. The van der Waals surface area contributed by atoms with Gasteiger partial charge in [0, 0.05) is 18.1 Å². The number of alkyl halides is 3. The van der Waals surface area contributed by atoms with E-state index < -0.39 is 18.6 Å². The highest BCUT2D eigenvalue weighted by molar-refractivity contribution is 6.30. The third-order valence-corrected chi connectivity index (χ3v) is 2.35. The highest BCUT2D eigenvalue weighted by Gasteiger charge is 2.39. The fourth-order valence-electron chi connectivity index (χ4n) is 1.24. The highest BCUT2D eigenvalue weighted by Crippen LogP contribution is 2.24. The highest BCUT2D eigenvalue weighted by atomic mass is 35.5. The van der Waals surface area contributed by atoms with Crippen molar-refractivity contribution < 1.29 is 13.2 Å². The first-order valence-electron chi connectivity index (χ1n) is 4.85. The number of halogens is 4. The lowest BCUT2D eigenvalue weighted by Crippen LogP contribution is -2.32. The molecule has 1 aromatic rings. The number of benzene rings is 1. The van der Waals surface area contributed by atoms with Gasteiger partial charge in [-0.15, -0.1) is 0 Å². The summed E-state index contributed by atoms with van der Waals surface area (Å²) in [7, 11) is 0. The molecule has 0 spiro atoms. The summed E-state index contributed by atoms with van der Waals surface area (Å²) in [5.74, 6) is -1.98. The maximum atomic E-state index is 12.2. The van der Waals surface area contributed by atoms with E-state index in [2.05, 4.69) is 5.32 Å². The lowest BCUT2D eigenvalue weighted by Gasteiger charge is -2.13. The quantitative estimate of drug-likeness (QED) is 0.905. The van der Waals surface area contributed by atoms with Crippen molar-refractivity contribution in [2.75, 3.05) is 6.54 Å². The van der Waals surface area contributed by atoms with Crippen LogP contribution in [0.25, 0.3) is 0 Å². The van der Waals surface area contributed by atoms with Gasteiger partial charge < -0.3 is 5.32 Å². The Hall–Kier alpha value is -1.25. The molecule has 0 heterocycles. The van der Waals surface area contributed by atoms with Gasteiger partial charge in [-0.05, 0) is 17.7 Å². The molecule has 0 aliphatic carbocycles. The summed E-state index contributed by atoms with van der Waals surface area (Å²) in [6, 6.07) is 8.02. The third kappa shape index (κ3) is 4.63. The summed E-state index contributed by atoms with van der Waals surface area (Å²) in [6.45, 7) is -0.179. The van der Waals surface area contributed by atoms with E-state index in [9.17, 15) is 13.2 Å². The molecule has 0 saturated carbocycles. The molecular weight excluding hydrogens is 253 g/mol. The Morgan fingerprint density at radius 2 is 2.12 bits per heavy atom. The second kappa shape index (κ2) is 5.89. The molecule has 92 valence electrons. The summed E-state index contributed by atoms with van der Waals surface area (Å²) in [5, 5.41) is 11.5. The smallest absolute Gasteiger partial charge is 0.311 e. The zero-order valence-electron chi connectivity index (χ0n) is 8.76. The molecule has 0 fully saturated rings. The second-order valence-corrected chi connectivity index (χ2v) is 3.92. The van der Waals surface area contributed by atoms with Crippen molar-refractivity contribution in [3.8, 4) is 6.07 Å². The number of hydrogen-bond donors (Lipinski definition) is 1. The standard InChI is InChI=1S/C11H10ClF3N2/c12-10-3-1-2-8(4-10)6-17-7-9(5-16)11(13,14)15/h1-4,9,17H,6-7H2. The molecule has 0 aromatic heterocycles. The Kier molecular flexibility index (Phi) is 4.79. The molecule has 0 aliphatic heterocycles. The van der Waals surface area contributed by atoms with E-state index in [1.165, 1.54) is 6.07 Å². The van der Waals surface area contributed by atoms with Crippen molar-refractivity contribution in [1.29, 1.82) is 5.26 Å². The van der Waals surface area contributed by atoms with Crippen LogP contribution in [-0.4, -0.2) is 12.7 Å². The SMILES string of the molecule is N#CC(CNCc1cccc(Cl)c1)C(F)(F)F. The van der Waals surface area contributed by atoms with Gasteiger partial charge in [0.25, 0.3) is 0 Å². The lowest BCUT2D eigenvalue weighted by atomic mass is 10.1. The molecule has 1 atom stereocenters. The van der Waals surface area contributed by atoms with Gasteiger partial charge in [-0.2, -0.15) is 18.4 Å². The fourth-order valence-corrected chi connectivity index (χ4v) is 1.46. The van der Waals surface area contributed by atoms with Crippen LogP contribution < -0.4 is 5.32 Å². The van der Waals surface area contributed by atoms with Gasteiger partial charge in [-0.3, -0.25) is 0 Å². The topological polar surface area (TPSA) is 35.8 Å². The van der Waals surface area contributed by atoms with Crippen molar-refractivity contribution in [2.24, 2.45) is 5.92 Å². The Labute approximate surface area is 102 Å². The van der Waals surface area contributed by atoms with Crippen molar-refractivity contribution >= 4 is 11.6 Å². The minimum atomic E-state index is -4.49. The zero-order chi connectivity index (χ0) is 12.9. The van der Waals surface area contributed by atoms with E-state index in [0.717, 1.165) is 5.56 Å². The molecule has 0 radical (unpaired) electrons. The number of nitriles is 1. The first kappa shape index (κ1) is 13.8. The average molecular weight is 263 g/mol.